The highest BCUT2D eigenvalue weighted by atomic mass is 35.5. The maximum Gasteiger partial charge on any atom is 0.265 e. The molecule has 1 fully saturated rings. The molecule has 2 aliphatic rings. The molecule has 0 radical (unpaired) electrons. The summed E-state index contributed by atoms with van der Waals surface area (Å²) in [7, 11) is -3.62. The van der Waals surface area contributed by atoms with Crippen LogP contribution >= 0.6 is 11.6 Å². The van der Waals surface area contributed by atoms with Crippen molar-refractivity contribution >= 4 is 33.2 Å². The zero-order chi connectivity index (χ0) is 25.3. The number of carbonyl (C=O) groups is 1. The summed E-state index contributed by atoms with van der Waals surface area (Å²) >= 11 is 6.08. The maximum atomic E-state index is 13.5. The molecule has 0 aromatic heterocycles. The molecule has 0 N–H and O–H groups in total. The molecule has 2 aliphatic heterocycles. The summed E-state index contributed by atoms with van der Waals surface area (Å²) in [6.07, 6.45) is 0.204. The first-order valence-electron chi connectivity index (χ1n) is 11.9. The minimum Gasteiger partial charge on any atom is -0.476 e. The van der Waals surface area contributed by atoms with Gasteiger partial charge in [-0.15, -0.1) is 0 Å². The van der Waals surface area contributed by atoms with Gasteiger partial charge in [0.2, 0.25) is 10.0 Å². The summed E-state index contributed by atoms with van der Waals surface area (Å²) in [5.74, 6) is 0.126. The van der Waals surface area contributed by atoms with Crippen molar-refractivity contribution in [1.29, 1.82) is 0 Å². The van der Waals surface area contributed by atoms with Crippen LogP contribution in [0.2, 0.25) is 5.02 Å². The van der Waals surface area contributed by atoms with E-state index in [0.29, 0.717) is 42.6 Å². The highest BCUT2D eigenvalue weighted by molar-refractivity contribution is 7.92. The fraction of sp³-hybridized carbons (Fsp3) is 0.296. The molecule has 1 amide bonds. The van der Waals surface area contributed by atoms with Crippen LogP contribution in [0.15, 0.2) is 78.9 Å². The number of fused-ring (bicyclic) bond motifs is 1. The van der Waals surface area contributed by atoms with E-state index in [2.05, 4.69) is 29.2 Å². The second-order valence-corrected chi connectivity index (χ2v) is 11.4. The van der Waals surface area contributed by atoms with Gasteiger partial charge in [-0.1, -0.05) is 72.3 Å². The third-order valence-corrected chi connectivity index (χ3v) is 8.07. The van der Waals surface area contributed by atoms with E-state index in [1.807, 2.05) is 36.4 Å². The van der Waals surface area contributed by atoms with Crippen molar-refractivity contribution in [2.24, 2.45) is 0 Å². The van der Waals surface area contributed by atoms with Gasteiger partial charge >= 0.3 is 0 Å². The Hall–Kier alpha value is -3.07. The number of amides is 1. The molecule has 3 aromatic carbocycles. The molecule has 5 rings (SSSR count). The molecule has 0 aliphatic carbocycles. The van der Waals surface area contributed by atoms with Crippen molar-refractivity contribution < 1.29 is 17.9 Å². The van der Waals surface area contributed by atoms with Gasteiger partial charge in [0.15, 0.2) is 6.10 Å². The SMILES string of the molecule is CS(=O)(=O)N1C[C@H](C(=O)N2CCN(C(c3ccccc3)c3ccccc3)CC2)Oc2ccc(Cl)cc21. The van der Waals surface area contributed by atoms with Crippen molar-refractivity contribution in [3.63, 3.8) is 0 Å². The van der Waals surface area contributed by atoms with E-state index in [4.69, 9.17) is 16.3 Å². The largest absolute Gasteiger partial charge is 0.476 e. The molecule has 1 saturated heterocycles. The van der Waals surface area contributed by atoms with Crippen molar-refractivity contribution in [1.82, 2.24) is 9.80 Å². The van der Waals surface area contributed by atoms with Crippen LogP contribution in [0.1, 0.15) is 17.2 Å². The topological polar surface area (TPSA) is 70.2 Å². The minimum absolute atomic E-state index is 0.0815. The molecule has 36 heavy (non-hydrogen) atoms. The Labute approximate surface area is 216 Å². The standard InChI is InChI=1S/C27H28ClN3O4S/c1-36(33,34)31-19-25(35-24-13-12-22(28)18-23(24)31)27(32)30-16-14-29(15-17-30)26(20-8-4-2-5-9-20)21-10-6-3-7-11-21/h2-13,18,25-26H,14-17,19H2,1H3/t25-/m1/s1. The van der Waals surface area contributed by atoms with E-state index in [-0.39, 0.29) is 18.5 Å². The van der Waals surface area contributed by atoms with Gasteiger partial charge in [0, 0.05) is 31.2 Å². The minimum atomic E-state index is -3.62. The number of hydrogen-bond acceptors (Lipinski definition) is 5. The van der Waals surface area contributed by atoms with E-state index in [9.17, 15) is 13.2 Å². The zero-order valence-electron chi connectivity index (χ0n) is 20.0. The van der Waals surface area contributed by atoms with Gasteiger partial charge in [0.05, 0.1) is 24.5 Å². The van der Waals surface area contributed by atoms with Gasteiger partial charge in [0.1, 0.15) is 5.75 Å². The molecule has 7 nitrogen and oxygen atoms in total. The summed E-state index contributed by atoms with van der Waals surface area (Å²) in [5, 5.41) is 0.401. The van der Waals surface area contributed by atoms with Gasteiger partial charge in [-0.2, -0.15) is 0 Å². The third-order valence-electron chi connectivity index (χ3n) is 6.69. The molecule has 0 saturated carbocycles. The Morgan fingerprint density at radius 2 is 1.50 bits per heavy atom. The van der Waals surface area contributed by atoms with Crippen LogP contribution in [0, 0.1) is 0 Å². The first-order valence-corrected chi connectivity index (χ1v) is 14.1. The third kappa shape index (κ3) is 5.07. The summed E-state index contributed by atoms with van der Waals surface area (Å²) in [6, 6.07) is 25.6. The quantitative estimate of drug-likeness (QED) is 0.507. The van der Waals surface area contributed by atoms with Crippen molar-refractivity contribution in [3.05, 3.63) is 95.0 Å². The smallest absolute Gasteiger partial charge is 0.265 e. The van der Waals surface area contributed by atoms with E-state index in [1.54, 1.807) is 23.1 Å². The molecule has 188 valence electrons. The van der Waals surface area contributed by atoms with Gasteiger partial charge < -0.3 is 9.64 Å². The van der Waals surface area contributed by atoms with Crippen LogP contribution in [0.25, 0.3) is 0 Å². The number of hydrogen-bond donors (Lipinski definition) is 0. The average Bonchev–Trinajstić information content (AvgIpc) is 2.89. The Morgan fingerprint density at radius 1 is 0.917 bits per heavy atom. The number of sulfonamides is 1. The molecular weight excluding hydrogens is 498 g/mol. The number of benzene rings is 3. The molecule has 2 heterocycles. The van der Waals surface area contributed by atoms with E-state index < -0.39 is 16.1 Å². The Bertz CT molecular complexity index is 1290. The molecule has 1 atom stereocenters. The van der Waals surface area contributed by atoms with Crippen molar-refractivity contribution in [3.8, 4) is 5.75 Å². The fourth-order valence-corrected chi connectivity index (χ4v) is 6.03. The lowest BCUT2D eigenvalue weighted by Crippen LogP contribution is -2.56. The number of piperazine rings is 1. The van der Waals surface area contributed by atoms with Crippen molar-refractivity contribution in [2.75, 3.05) is 43.3 Å². The van der Waals surface area contributed by atoms with Gasteiger partial charge in [-0.05, 0) is 29.3 Å². The maximum absolute atomic E-state index is 13.5. The van der Waals surface area contributed by atoms with E-state index in [0.717, 1.165) is 6.26 Å². The predicted molar refractivity (Wildman–Crippen MR) is 141 cm³/mol. The number of rotatable bonds is 5. The molecule has 9 heteroatoms. The molecule has 3 aromatic rings. The Kier molecular flexibility index (Phi) is 6.92. The monoisotopic (exact) mass is 525 g/mol. The number of ether oxygens (including phenoxy) is 1. The summed E-state index contributed by atoms with van der Waals surface area (Å²) in [4.78, 5) is 17.6. The van der Waals surface area contributed by atoms with E-state index >= 15 is 0 Å². The Balaban J connectivity index is 1.32. The second-order valence-electron chi connectivity index (χ2n) is 9.10. The van der Waals surface area contributed by atoms with E-state index in [1.165, 1.54) is 15.4 Å². The zero-order valence-corrected chi connectivity index (χ0v) is 21.5. The lowest BCUT2D eigenvalue weighted by atomic mass is 9.96. The molecule has 0 spiro atoms. The van der Waals surface area contributed by atoms with Gasteiger partial charge in [0.25, 0.3) is 5.91 Å². The van der Waals surface area contributed by atoms with Gasteiger partial charge in [-0.3, -0.25) is 14.0 Å². The molecule has 0 unspecified atom stereocenters. The van der Waals surface area contributed by atoms with Gasteiger partial charge in [-0.25, -0.2) is 8.42 Å². The fourth-order valence-electron chi connectivity index (χ4n) is 4.96. The number of nitrogens with zero attached hydrogens (tertiary/aromatic N) is 3. The Morgan fingerprint density at radius 3 is 2.06 bits per heavy atom. The summed E-state index contributed by atoms with van der Waals surface area (Å²) in [6.45, 7) is 2.36. The first kappa shape index (κ1) is 24.6. The van der Waals surface area contributed by atoms with Crippen molar-refractivity contribution in [2.45, 2.75) is 12.1 Å². The number of anilines is 1. The number of carbonyl (C=O) groups excluding carboxylic acids is 1. The van der Waals surface area contributed by atoms with Crippen LogP contribution < -0.4 is 9.04 Å². The normalized spacial score (nSPS) is 18.6. The lowest BCUT2D eigenvalue weighted by Gasteiger charge is -2.42. The van der Waals surface area contributed by atoms with Crippen LogP contribution in [-0.2, 0) is 14.8 Å². The van der Waals surface area contributed by atoms with Crippen LogP contribution in [-0.4, -0.2) is 69.2 Å². The predicted octanol–water partition coefficient (Wildman–Crippen LogP) is 3.80. The van der Waals surface area contributed by atoms with Crippen LogP contribution in [0.3, 0.4) is 0 Å². The molecular formula is C27H28ClN3O4S. The summed E-state index contributed by atoms with van der Waals surface area (Å²) in [5.41, 5.74) is 2.77. The lowest BCUT2D eigenvalue weighted by molar-refractivity contribution is -0.140. The first-order chi connectivity index (χ1) is 17.3. The second kappa shape index (κ2) is 10.1. The number of halogens is 1. The average molecular weight is 526 g/mol. The molecule has 0 bridgehead atoms. The highest BCUT2D eigenvalue weighted by Crippen LogP contribution is 2.37. The van der Waals surface area contributed by atoms with Crippen LogP contribution in [0.4, 0.5) is 5.69 Å². The highest BCUT2D eigenvalue weighted by Gasteiger charge is 2.38. The summed E-state index contributed by atoms with van der Waals surface area (Å²) < 4.78 is 32.2. The van der Waals surface area contributed by atoms with Crippen LogP contribution in [0.5, 0.6) is 5.75 Å².